The number of alkyl halides is 6. The topological polar surface area (TPSA) is 128 Å². The van der Waals surface area contributed by atoms with Gasteiger partial charge in [-0.3, -0.25) is 9.80 Å². The Bertz CT molecular complexity index is 772. The average molecular weight is 623 g/mol. The molecule has 0 aromatic carbocycles. The molecule has 2 saturated carbocycles. The maximum atomic E-state index is 12.8. The van der Waals surface area contributed by atoms with Crippen LogP contribution in [0.1, 0.15) is 65.2 Å². The maximum Gasteiger partial charge on any atom is 0.391 e. The highest BCUT2D eigenvalue weighted by atomic mass is 19.4. The third-order valence-corrected chi connectivity index (χ3v) is 9.95. The maximum absolute atomic E-state index is 12.8. The van der Waals surface area contributed by atoms with Gasteiger partial charge in [0.25, 0.3) is 0 Å². The van der Waals surface area contributed by atoms with Crippen LogP contribution in [-0.4, -0.2) is 128 Å². The molecule has 4 fully saturated rings. The Morgan fingerprint density at radius 2 is 0.881 bits per heavy atom. The number of halogens is 6. The Kier molecular flexibility index (Phi) is 12.4. The van der Waals surface area contributed by atoms with Crippen molar-refractivity contribution in [2.45, 2.75) is 126 Å². The van der Waals surface area contributed by atoms with Crippen LogP contribution in [-0.2, 0) is 0 Å². The van der Waals surface area contributed by atoms with Gasteiger partial charge < -0.3 is 30.6 Å². The molecule has 12 atom stereocenters. The van der Waals surface area contributed by atoms with Crippen LogP contribution in [0.15, 0.2) is 0 Å². The molecule has 0 aromatic rings. The molecule has 2 saturated heterocycles. The molecule has 8 nitrogen and oxygen atoms in total. The summed E-state index contributed by atoms with van der Waals surface area (Å²) in [5.41, 5.74) is 0. The molecule has 0 bridgehead atoms. The van der Waals surface area contributed by atoms with E-state index in [-0.39, 0.29) is 62.7 Å². The van der Waals surface area contributed by atoms with E-state index < -0.39 is 60.8 Å². The van der Waals surface area contributed by atoms with E-state index in [4.69, 9.17) is 0 Å². The summed E-state index contributed by atoms with van der Waals surface area (Å²) < 4.78 is 76.9. The van der Waals surface area contributed by atoms with Gasteiger partial charge in [0.15, 0.2) is 0 Å². The predicted octanol–water partition coefficient (Wildman–Crippen LogP) is 2.28. The van der Waals surface area contributed by atoms with Gasteiger partial charge in [-0.15, -0.1) is 0 Å². The molecule has 6 N–H and O–H groups in total. The molecule has 2 heterocycles. The fourth-order valence-electron chi connectivity index (χ4n) is 7.14. The number of aliphatic hydroxyl groups is 6. The number of aliphatic hydroxyl groups excluding tert-OH is 6. The Morgan fingerprint density at radius 3 is 1.19 bits per heavy atom. The van der Waals surface area contributed by atoms with Gasteiger partial charge in [0.1, 0.15) is 12.2 Å². The van der Waals surface area contributed by atoms with Crippen molar-refractivity contribution in [3.05, 3.63) is 0 Å². The summed E-state index contributed by atoms with van der Waals surface area (Å²) >= 11 is 0. The molecule has 42 heavy (non-hydrogen) atoms. The lowest BCUT2D eigenvalue weighted by atomic mass is 9.80. The average Bonchev–Trinajstić information content (AvgIpc) is 2.92. The van der Waals surface area contributed by atoms with Gasteiger partial charge in [0.05, 0.1) is 36.3 Å². The van der Waals surface area contributed by atoms with E-state index in [0.717, 1.165) is 12.8 Å². The van der Waals surface area contributed by atoms with Crippen molar-refractivity contribution in [2.75, 3.05) is 26.2 Å². The molecule has 2 aliphatic heterocycles. The van der Waals surface area contributed by atoms with Crippen LogP contribution in [0.5, 0.6) is 0 Å². The predicted molar refractivity (Wildman–Crippen MR) is 141 cm³/mol. The molecule has 4 rings (SSSR count). The van der Waals surface area contributed by atoms with Crippen molar-refractivity contribution < 1.29 is 57.0 Å². The van der Waals surface area contributed by atoms with Crippen molar-refractivity contribution in [3.63, 3.8) is 0 Å². The Hall–Kier alpha value is -0.740. The summed E-state index contributed by atoms with van der Waals surface area (Å²) in [6, 6.07) is -0.732. The summed E-state index contributed by atoms with van der Waals surface area (Å²) in [6.45, 7) is 4.68. The first-order valence-electron chi connectivity index (χ1n) is 15.1. The van der Waals surface area contributed by atoms with Crippen molar-refractivity contribution >= 4 is 0 Å². The molecule has 0 amide bonds. The lowest BCUT2D eigenvalue weighted by molar-refractivity contribution is -0.188. The number of likely N-dealkylation sites (tertiary alicyclic amines) is 2. The van der Waals surface area contributed by atoms with Crippen LogP contribution in [0, 0.1) is 23.7 Å². The van der Waals surface area contributed by atoms with Gasteiger partial charge in [0, 0.05) is 38.3 Å². The number of nitrogens with zero attached hydrogens (tertiary/aromatic N) is 2. The van der Waals surface area contributed by atoms with E-state index in [0.29, 0.717) is 25.9 Å². The third kappa shape index (κ3) is 9.15. The summed E-state index contributed by atoms with van der Waals surface area (Å²) in [5.74, 6) is -2.64. The van der Waals surface area contributed by atoms with Crippen LogP contribution in [0.4, 0.5) is 26.3 Å². The summed E-state index contributed by atoms with van der Waals surface area (Å²) in [7, 11) is 0. The smallest absolute Gasteiger partial charge is 0.389 e. The molecule has 0 spiro atoms. The minimum absolute atomic E-state index is 0.0810. The van der Waals surface area contributed by atoms with Gasteiger partial charge in [-0.2, -0.15) is 26.3 Å². The van der Waals surface area contributed by atoms with Crippen molar-refractivity contribution in [3.8, 4) is 0 Å². The summed E-state index contributed by atoms with van der Waals surface area (Å²) in [5, 5.41) is 58.4. The lowest BCUT2D eigenvalue weighted by Crippen LogP contribution is -2.61. The standard InChI is InChI=1S/2C14H24F3NO3/c2*1-8-12(20)13(21)11(19)7-18(8)6-9-3-2-4-10(5-9)14(15,16)17/h2*8-13,19-21H,2-7H2,1H3/t8-,9+,10+,11+,12-,13-;8-,9-,10-,11+,12-,13-/m11/s1. The quantitative estimate of drug-likeness (QED) is 0.264. The Morgan fingerprint density at radius 1 is 0.548 bits per heavy atom. The number of hydrogen-bond acceptors (Lipinski definition) is 8. The number of piperidine rings is 2. The fourth-order valence-corrected chi connectivity index (χ4v) is 7.14. The Labute approximate surface area is 243 Å². The summed E-state index contributed by atoms with van der Waals surface area (Å²) in [4.78, 5) is 3.59. The van der Waals surface area contributed by atoms with E-state index in [1.807, 2.05) is 0 Å². The van der Waals surface area contributed by atoms with Crippen molar-refractivity contribution in [1.29, 1.82) is 0 Å². The van der Waals surface area contributed by atoms with Gasteiger partial charge in [0.2, 0.25) is 0 Å². The second kappa shape index (κ2) is 14.6. The largest absolute Gasteiger partial charge is 0.391 e. The van der Waals surface area contributed by atoms with Crippen LogP contribution in [0.25, 0.3) is 0 Å². The van der Waals surface area contributed by atoms with Crippen LogP contribution >= 0.6 is 0 Å². The fraction of sp³-hybridized carbons (Fsp3) is 1.00. The van der Waals surface area contributed by atoms with E-state index in [2.05, 4.69) is 0 Å². The van der Waals surface area contributed by atoms with E-state index >= 15 is 0 Å². The second-order valence-electron chi connectivity index (χ2n) is 13.0. The van der Waals surface area contributed by atoms with Gasteiger partial charge in [-0.25, -0.2) is 0 Å². The highest BCUT2D eigenvalue weighted by Gasteiger charge is 2.46. The molecule has 0 radical (unpaired) electrons. The van der Waals surface area contributed by atoms with E-state index in [9.17, 15) is 57.0 Å². The highest BCUT2D eigenvalue weighted by molar-refractivity contribution is 4.94. The van der Waals surface area contributed by atoms with Crippen molar-refractivity contribution in [2.24, 2.45) is 23.7 Å². The Balaban J connectivity index is 0.000000230. The number of rotatable bonds is 4. The normalized spacial score (nSPS) is 43.0. The monoisotopic (exact) mass is 622 g/mol. The van der Waals surface area contributed by atoms with Crippen LogP contribution in [0.2, 0.25) is 0 Å². The van der Waals surface area contributed by atoms with Crippen molar-refractivity contribution in [1.82, 2.24) is 9.80 Å². The third-order valence-electron chi connectivity index (χ3n) is 9.95. The SMILES string of the molecule is C[C@@H]1[C@@H](O)[C@H](O)[C@@H](O)CN1C[C@@H]1CCC[C@@H](C(F)(F)F)C1.C[C@@H]1[C@@H](O)[C@H](O)[C@@H](O)CN1C[C@H]1CCC[C@H](C(F)(F)F)C1. The first kappa shape index (κ1) is 35.7. The summed E-state index contributed by atoms with van der Waals surface area (Å²) in [6.07, 6.45) is -11.7. The first-order chi connectivity index (χ1) is 19.4. The lowest BCUT2D eigenvalue weighted by Gasteiger charge is -2.44. The molecule has 0 aromatic heterocycles. The second-order valence-corrected chi connectivity index (χ2v) is 13.0. The van der Waals surface area contributed by atoms with Gasteiger partial charge in [-0.05, 0) is 64.2 Å². The molecule has 4 aliphatic rings. The van der Waals surface area contributed by atoms with Crippen LogP contribution in [0.3, 0.4) is 0 Å². The van der Waals surface area contributed by atoms with E-state index in [1.165, 1.54) is 0 Å². The molecular weight excluding hydrogens is 574 g/mol. The minimum Gasteiger partial charge on any atom is -0.389 e. The van der Waals surface area contributed by atoms with Crippen LogP contribution < -0.4 is 0 Å². The molecule has 248 valence electrons. The molecular formula is C28H48F6N2O6. The zero-order chi connectivity index (χ0) is 31.6. The van der Waals surface area contributed by atoms with E-state index in [1.54, 1.807) is 23.6 Å². The first-order valence-corrected chi connectivity index (χ1v) is 15.1. The molecule has 14 heteroatoms. The zero-order valence-corrected chi connectivity index (χ0v) is 24.3. The number of hydrogen-bond donors (Lipinski definition) is 6. The minimum atomic E-state index is -4.14. The van der Waals surface area contributed by atoms with Gasteiger partial charge >= 0.3 is 12.4 Å². The highest BCUT2D eigenvalue weighted by Crippen LogP contribution is 2.41. The molecule has 0 unspecified atom stereocenters. The zero-order valence-electron chi connectivity index (χ0n) is 24.3. The molecule has 2 aliphatic carbocycles. The number of β-amino-alcohol motifs (C(OH)–C–C–N with tert-alkyl or cyclic N) is 2. The van der Waals surface area contributed by atoms with Gasteiger partial charge in [-0.1, -0.05) is 12.8 Å².